The van der Waals surface area contributed by atoms with Crippen molar-refractivity contribution >= 4 is 32.1 Å². The fourth-order valence-electron chi connectivity index (χ4n) is 0.623. The minimum atomic E-state index is -2.16. The van der Waals surface area contributed by atoms with Crippen LogP contribution >= 0.6 is 26.8 Å². The third-order valence-corrected chi connectivity index (χ3v) is 4.88. The van der Waals surface area contributed by atoms with Gasteiger partial charge in [0.05, 0.1) is 0 Å². The summed E-state index contributed by atoms with van der Waals surface area (Å²) < 4.78 is -2.16. The standard InChI is InChI=1S/C6H5Cl2P.Ru/c7-9(8)6-4-2-1-3-5-6;/h1-5H;/q;-1/p+1. The number of rotatable bonds is 1. The summed E-state index contributed by atoms with van der Waals surface area (Å²) in [5.41, 5.74) is 0. The number of hydrogen-bond donors (Lipinski definition) is 0. The molecule has 0 spiro atoms. The Hall–Kier alpha value is 0.853. The van der Waals surface area contributed by atoms with Gasteiger partial charge in [-0.1, -0.05) is 0 Å². The molecule has 0 amide bonds. The van der Waals surface area contributed by atoms with Crippen LogP contribution in [0.1, 0.15) is 0 Å². The first-order chi connectivity index (χ1) is 4.61. The van der Waals surface area contributed by atoms with E-state index in [1.165, 1.54) is 0 Å². The van der Waals surface area contributed by atoms with E-state index >= 15 is 0 Å². The van der Waals surface area contributed by atoms with Crippen molar-refractivity contribution in [2.75, 3.05) is 0 Å². The van der Waals surface area contributed by atoms with Crippen LogP contribution < -0.4 is 5.30 Å². The zero-order valence-corrected chi connectivity index (χ0v) is 9.25. The summed E-state index contributed by atoms with van der Waals surface area (Å²) in [6.07, 6.45) is 0. The van der Waals surface area contributed by atoms with Crippen molar-refractivity contribution in [1.82, 2.24) is 0 Å². The van der Waals surface area contributed by atoms with Gasteiger partial charge in [0.25, 0.3) is 0 Å². The maximum atomic E-state index is 5.93. The van der Waals surface area contributed by atoms with Crippen molar-refractivity contribution in [2.24, 2.45) is 0 Å². The van der Waals surface area contributed by atoms with Gasteiger partial charge in [0.1, 0.15) is 0 Å². The van der Waals surface area contributed by atoms with Gasteiger partial charge in [-0.3, -0.25) is 0 Å². The Morgan fingerprint density at radius 1 is 1.10 bits per heavy atom. The fourth-order valence-corrected chi connectivity index (χ4v) is 2.81. The van der Waals surface area contributed by atoms with Crippen molar-refractivity contribution in [1.29, 1.82) is 0 Å². The molecule has 0 nitrogen and oxygen atoms in total. The summed E-state index contributed by atoms with van der Waals surface area (Å²) in [6, 6.07) is 9.72. The molecule has 0 unspecified atom stereocenters. The molecule has 4 heteroatoms. The molecule has 0 atom stereocenters. The molecule has 1 aromatic rings. The van der Waals surface area contributed by atoms with Crippen LogP contribution in [0, 0.1) is 0 Å². The van der Waals surface area contributed by atoms with Crippen molar-refractivity contribution in [3.05, 3.63) is 30.3 Å². The molecule has 0 saturated carbocycles. The Kier molecular flexibility index (Phi) is 3.13. The van der Waals surface area contributed by atoms with E-state index in [0.717, 1.165) is 5.30 Å². The molecular formula is C6H6Cl2PRu. The first-order valence-corrected chi connectivity index (χ1v) is 9.20. The van der Waals surface area contributed by atoms with Crippen LogP contribution in [-0.2, 0) is 17.8 Å². The first-order valence-electron chi connectivity index (χ1n) is 2.72. The van der Waals surface area contributed by atoms with Crippen molar-refractivity contribution < 1.29 is 17.8 Å². The van der Waals surface area contributed by atoms with Crippen molar-refractivity contribution in [2.45, 2.75) is 0 Å². The molecule has 0 fully saturated rings. The summed E-state index contributed by atoms with van der Waals surface area (Å²) in [5.74, 6) is 0. The Balaban J connectivity index is 2.97. The van der Waals surface area contributed by atoms with Gasteiger partial charge in [-0.15, -0.1) is 0 Å². The molecule has 1 aromatic carbocycles. The van der Waals surface area contributed by atoms with Gasteiger partial charge in [0.15, 0.2) is 0 Å². The van der Waals surface area contributed by atoms with E-state index in [2.05, 4.69) is 17.8 Å². The molecule has 0 saturated heterocycles. The molecule has 0 N–H and O–H groups in total. The Morgan fingerprint density at radius 3 is 1.90 bits per heavy atom. The fraction of sp³-hybridized carbons (Fsp3) is 0. The number of halogens is 2. The Bertz CT molecular complexity index is 207. The van der Waals surface area contributed by atoms with Crippen LogP contribution in [-0.4, -0.2) is 0 Å². The second-order valence-corrected chi connectivity index (χ2v) is 14.3. The van der Waals surface area contributed by atoms with Gasteiger partial charge in [0, 0.05) is 0 Å². The molecule has 0 radical (unpaired) electrons. The van der Waals surface area contributed by atoms with Gasteiger partial charge < -0.3 is 0 Å². The molecule has 57 valence electrons. The first kappa shape index (κ1) is 8.95. The molecular weight excluding hydrogens is 275 g/mol. The molecule has 0 heterocycles. The van der Waals surface area contributed by atoms with E-state index in [1.807, 2.05) is 30.3 Å². The molecule has 10 heavy (non-hydrogen) atoms. The Morgan fingerprint density at radius 2 is 1.60 bits per heavy atom. The van der Waals surface area contributed by atoms with Crippen molar-refractivity contribution in [3.8, 4) is 0 Å². The summed E-state index contributed by atoms with van der Waals surface area (Å²) in [6.45, 7) is 0. The summed E-state index contributed by atoms with van der Waals surface area (Å²) in [7, 11) is 0. The molecule has 0 aliphatic heterocycles. The number of hydrogen-bond acceptors (Lipinski definition) is 0. The molecule has 0 aliphatic carbocycles. The minimum absolute atomic E-state index is 1.04. The van der Waals surface area contributed by atoms with E-state index in [4.69, 9.17) is 22.5 Å². The average molecular weight is 281 g/mol. The van der Waals surface area contributed by atoms with E-state index < -0.39 is 4.30 Å². The predicted molar refractivity (Wildman–Crippen MR) is 46.1 cm³/mol. The van der Waals surface area contributed by atoms with Gasteiger partial charge in [-0.05, 0) is 0 Å². The molecule has 0 aromatic heterocycles. The molecule has 0 bridgehead atoms. The van der Waals surface area contributed by atoms with Crippen LogP contribution in [0.25, 0.3) is 0 Å². The van der Waals surface area contributed by atoms with Gasteiger partial charge in [0.2, 0.25) is 0 Å². The van der Waals surface area contributed by atoms with E-state index in [9.17, 15) is 0 Å². The quantitative estimate of drug-likeness (QED) is 0.548. The Labute approximate surface area is 80.0 Å². The van der Waals surface area contributed by atoms with Crippen LogP contribution in [0.4, 0.5) is 0 Å². The van der Waals surface area contributed by atoms with Gasteiger partial charge in [-0.25, -0.2) is 0 Å². The second-order valence-electron chi connectivity index (χ2n) is 1.85. The average Bonchev–Trinajstić information content (AvgIpc) is 1.88. The second kappa shape index (κ2) is 3.50. The van der Waals surface area contributed by atoms with E-state index in [0.29, 0.717) is 0 Å². The molecule has 0 aliphatic rings. The maximum absolute atomic E-state index is 5.93. The van der Waals surface area contributed by atoms with Crippen LogP contribution in [0.5, 0.6) is 0 Å². The van der Waals surface area contributed by atoms with Gasteiger partial charge >= 0.3 is 80.2 Å². The summed E-state index contributed by atoms with van der Waals surface area (Å²) >= 11 is 14.3. The van der Waals surface area contributed by atoms with Crippen molar-refractivity contribution in [3.63, 3.8) is 0 Å². The zero-order valence-electron chi connectivity index (χ0n) is 5.00. The normalized spacial score (nSPS) is 13.1. The third kappa shape index (κ3) is 2.47. The SMILES string of the molecule is Cl[PH](Cl)([Ru])c1ccccc1. The zero-order chi connectivity index (χ0) is 7.61. The van der Waals surface area contributed by atoms with Crippen LogP contribution in [0.3, 0.4) is 0 Å². The monoisotopic (exact) mass is 281 g/mol. The molecule has 1 rings (SSSR count). The summed E-state index contributed by atoms with van der Waals surface area (Å²) in [5, 5.41) is 1.04. The van der Waals surface area contributed by atoms with Gasteiger partial charge in [-0.2, -0.15) is 0 Å². The topological polar surface area (TPSA) is 0 Å². The predicted octanol–water partition coefficient (Wildman–Crippen LogP) is 2.83. The van der Waals surface area contributed by atoms with Crippen LogP contribution in [0.15, 0.2) is 30.3 Å². The van der Waals surface area contributed by atoms with Crippen LogP contribution in [0.2, 0.25) is 0 Å². The van der Waals surface area contributed by atoms with E-state index in [1.54, 1.807) is 0 Å². The third-order valence-electron chi connectivity index (χ3n) is 1.09. The number of benzene rings is 1. The van der Waals surface area contributed by atoms with E-state index in [-0.39, 0.29) is 0 Å². The summed E-state index contributed by atoms with van der Waals surface area (Å²) in [4.78, 5) is 0.